The van der Waals surface area contributed by atoms with Gasteiger partial charge < -0.3 is 14.4 Å². The molecule has 1 heterocycles. The first-order chi connectivity index (χ1) is 14.1. The van der Waals surface area contributed by atoms with E-state index < -0.39 is 5.97 Å². The summed E-state index contributed by atoms with van der Waals surface area (Å²) in [6, 6.07) is 15.5. The van der Waals surface area contributed by atoms with Gasteiger partial charge in [0.05, 0.1) is 23.4 Å². The Labute approximate surface area is 174 Å². The minimum Gasteiger partial charge on any atom is -0.494 e. The van der Waals surface area contributed by atoms with E-state index in [1.165, 1.54) is 4.90 Å². The smallest absolute Gasteiger partial charge is 0.306 e. The van der Waals surface area contributed by atoms with Crippen molar-refractivity contribution < 1.29 is 19.1 Å². The van der Waals surface area contributed by atoms with E-state index >= 15 is 0 Å². The third kappa shape index (κ3) is 5.77. The van der Waals surface area contributed by atoms with Gasteiger partial charge in [-0.05, 0) is 37.1 Å². The maximum atomic E-state index is 12.3. The molecule has 0 spiro atoms. The van der Waals surface area contributed by atoms with Gasteiger partial charge in [-0.3, -0.25) is 9.59 Å². The van der Waals surface area contributed by atoms with Gasteiger partial charge in [0.15, 0.2) is 6.61 Å². The number of fused-ring (bicyclic) bond motifs is 1. The van der Waals surface area contributed by atoms with E-state index in [0.29, 0.717) is 19.6 Å². The fourth-order valence-corrected chi connectivity index (χ4v) is 3.87. The van der Waals surface area contributed by atoms with Gasteiger partial charge in [0.2, 0.25) is 0 Å². The van der Waals surface area contributed by atoms with Crippen LogP contribution in [0.15, 0.2) is 48.5 Å². The van der Waals surface area contributed by atoms with Gasteiger partial charge in [-0.2, -0.15) is 0 Å². The predicted octanol–water partition coefficient (Wildman–Crippen LogP) is 3.83. The number of esters is 1. The van der Waals surface area contributed by atoms with E-state index in [0.717, 1.165) is 26.5 Å². The lowest BCUT2D eigenvalue weighted by Crippen LogP contribution is -2.30. The second kappa shape index (κ2) is 10.0. The summed E-state index contributed by atoms with van der Waals surface area (Å²) in [6.45, 7) is 2.60. The Balaban J connectivity index is 1.45. The Hall–Kier alpha value is -2.93. The standard InChI is InChI=1S/C22H24N2O4S/c1-3-27-18-10-6-4-8-16(18)12-13-22(26)28-15-21(25)24(2)14-20-23-17-9-5-7-11-19(17)29-20/h4-11H,3,12-15H2,1-2H3. The number of aromatic nitrogens is 1. The minimum absolute atomic E-state index is 0.193. The van der Waals surface area contributed by atoms with Crippen molar-refractivity contribution in [3.05, 3.63) is 59.1 Å². The number of ether oxygens (including phenoxy) is 2. The van der Waals surface area contributed by atoms with Crippen molar-refractivity contribution in [2.45, 2.75) is 26.3 Å². The molecule has 6 nitrogen and oxygen atoms in total. The van der Waals surface area contributed by atoms with Crippen LogP contribution in [0.2, 0.25) is 0 Å². The molecule has 152 valence electrons. The summed E-state index contributed by atoms with van der Waals surface area (Å²) in [5.41, 5.74) is 1.87. The topological polar surface area (TPSA) is 68.7 Å². The zero-order valence-electron chi connectivity index (χ0n) is 16.6. The van der Waals surface area contributed by atoms with Gasteiger partial charge in [-0.1, -0.05) is 30.3 Å². The quantitative estimate of drug-likeness (QED) is 0.500. The number of likely N-dealkylation sites (N-methyl/N-ethyl adjacent to an activating group) is 1. The Morgan fingerprint density at radius 1 is 1.10 bits per heavy atom. The van der Waals surface area contributed by atoms with Crippen molar-refractivity contribution in [1.29, 1.82) is 0 Å². The second-order valence-corrected chi connectivity index (χ2v) is 7.64. The summed E-state index contributed by atoms with van der Waals surface area (Å²) < 4.78 is 11.8. The molecule has 29 heavy (non-hydrogen) atoms. The highest BCUT2D eigenvalue weighted by atomic mass is 32.1. The number of amides is 1. The van der Waals surface area contributed by atoms with Gasteiger partial charge >= 0.3 is 5.97 Å². The highest BCUT2D eigenvalue weighted by molar-refractivity contribution is 7.18. The van der Waals surface area contributed by atoms with Crippen molar-refractivity contribution in [2.24, 2.45) is 0 Å². The Kier molecular flexibility index (Phi) is 7.19. The zero-order valence-corrected chi connectivity index (χ0v) is 17.4. The lowest BCUT2D eigenvalue weighted by atomic mass is 10.1. The van der Waals surface area contributed by atoms with Crippen LogP contribution in [0.25, 0.3) is 10.2 Å². The molecule has 3 aromatic rings. The molecule has 1 aromatic heterocycles. The monoisotopic (exact) mass is 412 g/mol. The molecule has 0 bridgehead atoms. The van der Waals surface area contributed by atoms with Crippen molar-refractivity contribution in [3.63, 3.8) is 0 Å². The molecule has 0 aliphatic carbocycles. The van der Waals surface area contributed by atoms with E-state index in [2.05, 4.69) is 4.98 Å². The average molecular weight is 413 g/mol. The number of carbonyl (C=O) groups excluding carboxylic acids is 2. The number of carbonyl (C=O) groups is 2. The molecule has 0 aliphatic heterocycles. The fourth-order valence-electron chi connectivity index (χ4n) is 2.85. The van der Waals surface area contributed by atoms with Gasteiger partial charge in [-0.15, -0.1) is 11.3 Å². The number of aryl methyl sites for hydroxylation is 1. The van der Waals surface area contributed by atoms with Crippen LogP contribution in [0.4, 0.5) is 0 Å². The van der Waals surface area contributed by atoms with E-state index in [9.17, 15) is 9.59 Å². The number of para-hydroxylation sites is 2. The molecule has 0 saturated heterocycles. The normalized spacial score (nSPS) is 10.7. The molecule has 0 saturated carbocycles. The molecule has 0 fully saturated rings. The molecule has 3 rings (SSSR count). The van der Waals surface area contributed by atoms with Crippen LogP contribution in [0.3, 0.4) is 0 Å². The maximum absolute atomic E-state index is 12.3. The SMILES string of the molecule is CCOc1ccccc1CCC(=O)OCC(=O)N(C)Cc1nc2ccccc2s1. The summed E-state index contributed by atoms with van der Waals surface area (Å²) in [4.78, 5) is 30.4. The first-order valence-corrected chi connectivity index (χ1v) is 10.3. The first-order valence-electron chi connectivity index (χ1n) is 9.51. The molecule has 0 radical (unpaired) electrons. The van der Waals surface area contributed by atoms with E-state index in [1.807, 2.05) is 55.5 Å². The van der Waals surface area contributed by atoms with Crippen molar-refractivity contribution >= 4 is 33.4 Å². The van der Waals surface area contributed by atoms with Crippen LogP contribution in [0, 0.1) is 0 Å². The van der Waals surface area contributed by atoms with E-state index in [1.54, 1.807) is 18.4 Å². The second-order valence-electron chi connectivity index (χ2n) is 6.53. The number of thiazole rings is 1. The summed E-state index contributed by atoms with van der Waals surface area (Å²) in [5.74, 6) is 0.111. The lowest BCUT2D eigenvalue weighted by molar-refractivity contribution is -0.151. The van der Waals surface area contributed by atoms with Crippen molar-refractivity contribution in [1.82, 2.24) is 9.88 Å². The molecule has 2 aromatic carbocycles. The molecular formula is C22H24N2O4S. The van der Waals surface area contributed by atoms with E-state index in [-0.39, 0.29) is 18.9 Å². The number of benzene rings is 2. The molecule has 0 aliphatic rings. The van der Waals surface area contributed by atoms with Crippen LogP contribution in [0.5, 0.6) is 5.75 Å². The number of nitrogens with zero attached hydrogens (tertiary/aromatic N) is 2. The Morgan fingerprint density at radius 3 is 2.66 bits per heavy atom. The lowest BCUT2D eigenvalue weighted by Gasteiger charge is -2.15. The maximum Gasteiger partial charge on any atom is 0.306 e. The van der Waals surface area contributed by atoms with Crippen LogP contribution in [-0.2, 0) is 27.3 Å². The van der Waals surface area contributed by atoms with Gasteiger partial charge in [0, 0.05) is 13.5 Å². The highest BCUT2D eigenvalue weighted by Crippen LogP contribution is 2.22. The van der Waals surface area contributed by atoms with Gasteiger partial charge in [-0.25, -0.2) is 4.98 Å². The summed E-state index contributed by atoms with van der Waals surface area (Å²) >= 11 is 1.55. The van der Waals surface area contributed by atoms with E-state index in [4.69, 9.17) is 9.47 Å². The minimum atomic E-state index is -0.405. The molecule has 0 N–H and O–H groups in total. The molecule has 0 atom stereocenters. The molecule has 1 amide bonds. The first kappa shape index (κ1) is 20.8. The number of hydrogen-bond donors (Lipinski definition) is 0. The van der Waals surface area contributed by atoms with Crippen molar-refractivity contribution in [3.8, 4) is 5.75 Å². The van der Waals surface area contributed by atoms with Gasteiger partial charge in [0.25, 0.3) is 5.91 Å². The van der Waals surface area contributed by atoms with Crippen LogP contribution in [-0.4, -0.2) is 42.0 Å². The van der Waals surface area contributed by atoms with Crippen LogP contribution in [0.1, 0.15) is 23.9 Å². The zero-order chi connectivity index (χ0) is 20.6. The predicted molar refractivity (Wildman–Crippen MR) is 113 cm³/mol. The largest absolute Gasteiger partial charge is 0.494 e. The molecular weight excluding hydrogens is 388 g/mol. The van der Waals surface area contributed by atoms with Gasteiger partial charge in [0.1, 0.15) is 10.8 Å². The summed E-state index contributed by atoms with van der Waals surface area (Å²) in [5, 5.41) is 0.848. The van der Waals surface area contributed by atoms with Crippen molar-refractivity contribution in [2.75, 3.05) is 20.3 Å². The highest BCUT2D eigenvalue weighted by Gasteiger charge is 2.15. The fraction of sp³-hybridized carbons (Fsp3) is 0.318. The average Bonchev–Trinajstić information content (AvgIpc) is 3.13. The van der Waals surface area contributed by atoms with Crippen LogP contribution >= 0.6 is 11.3 Å². The third-order valence-corrected chi connectivity index (χ3v) is 5.39. The Morgan fingerprint density at radius 2 is 1.86 bits per heavy atom. The number of hydrogen-bond acceptors (Lipinski definition) is 6. The van der Waals surface area contributed by atoms with Crippen LogP contribution < -0.4 is 4.74 Å². The molecule has 0 unspecified atom stereocenters. The third-order valence-electron chi connectivity index (χ3n) is 4.36. The summed E-state index contributed by atoms with van der Waals surface area (Å²) in [6.07, 6.45) is 0.698. The molecule has 7 heteroatoms. The number of rotatable bonds is 9. The Bertz CT molecular complexity index is 953. The summed E-state index contributed by atoms with van der Waals surface area (Å²) in [7, 11) is 1.68.